The quantitative estimate of drug-likeness (QED) is 0.835. The van der Waals surface area contributed by atoms with Crippen LogP contribution in [-0.2, 0) is 11.8 Å². The van der Waals surface area contributed by atoms with E-state index in [1.54, 1.807) is 0 Å². The number of rotatable bonds is 3. The Balaban J connectivity index is 1.48. The van der Waals surface area contributed by atoms with Gasteiger partial charge in [-0.1, -0.05) is 6.42 Å². The molecule has 1 aromatic heterocycles. The number of nitrogens with zero attached hydrogens (tertiary/aromatic N) is 3. The van der Waals surface area contributed by atoms with Crippen molar-refractivity contribution in [1.29, 1.82) is 0 Å². The van der Waals surface area contributed by atoms with Crippen LogP contribution in [0.4, 0.5) is 0 Å². The van der Waals surface area contributed by atoms with E-state index in [-0.39, 0.29) is 11.3 Å². The molecule has 4 rings (SSSR count). The van der Waals surface area contributed by atoms with Crippen LogP contribution >= 0.6 is 0 Å². The van der Waals surface area contributed by atoms with Crippen molar-refractivity contribution in [2.45, 2.75) is 52.4 Å². The molecule has 0 bridgehead atoms. The summed E-state index contributed by atoms with van der Waals surface area (Å²) in [6, 6.07) is 1.98. The summed E-state index contributed by atoms with van der Waals surface area (Å²) < 4.78 is 2.06. The molecular weight excluding hydrogens is 326 g/mol. The summed E-state index contributed by atoms with van der Waals surface area (Å²) in [5.41, 5.74) is 2.57. The molecule has 0 N–H and O–H groups in total. The number of hydrogen-bond acceptors (Lipinski definition) is 2. The van der Waals surface area contributed by atoms with Gasteiger partial charge in [-0.2, -0.15) is 0 Å². The van der Waals surface area contributed by atoms with Crippen LogP contribution in [0, 0.1) is 25.2 Å². The van der Waals surface area contributed by atoms with Crippen LogP contribution in [0.2, 0.25) is 0 Å². The van der Waals surface area contributed by atoms with Crippen LogP contribution in [0.5, 0.6) is 0 Å². The van der Waals surface area contributed by atoms with Crippen molar-refractivity contribution in [2.75, 3.05) is 26.2 Å². The third kappa shape index (κ3) is 2.76. The zero-order valence-corrected chi connectivity index (χ0v) is 16.4. The molecule has 5 nitrogen and oxygen atoms in total. The van der Waals surface area contributed by atoms with E-state index in [4.69, 9.17) is 0 Å². The first-order chi connectivity index (χ1) is 12.4. The van der Waals surface area contributed by atoms with E-state index < -0.39 is 0 Å². The highest BCUT2D eigenvalue weighted by Gasteiger charge is 2.49. The lowest BCUT2D eigenvalue weighted by atomic mass is 9.77. The molecule has 26 heavy (non-hydrogen) atoms. The maximum Gasteiger partial charge on any atom is 0.255 e. The van der Waals surface area contributed by atoms with Gasteiger partial charge in [0, 0.05) is 44.6 Å². The Hall–Kier alpha value is -1.78. The van der Waals surface area contributed by atoms with E-state index in [9.17, 15) is 9.59 Å². The van der Waals surface area contributed by atoms with Crippen molar-refractivity contribution in [1.82, 2.24) is 14.4 Å². The van der Waals surface area contributed by atoms with Crippen LogP contribution < -0.4 is 0 Å². The number of aryl methyl sites for hydroxylation is 1. The fourth-order valence-corrected chi connectivity index (χ4v) is 4.98. The Labute approximate surface area is 156 Å². The minimum Gasteiger partial charge on any atom is -0.351 e. The topological polar surface area (TPSA) is 45.6 Å². The standard InChI is InChI=1S/C21H31N3O2/c1-15-12-18(16(2)22(15)3)19(25)24-11-9-21(14-24)8-5-10-23(20(21)26)13-17-6-4-7-17/h12,17H,4-11,13-14H2,1-3H3/t21-/m1/s1. The van der Waals surface area contributed by atoms with Crippen LogP contribution in [0.1, 0.15) is 60.3 Å². The highest BCUT2D eigenvalue weighted by atomic mass is 16.2. The second-order valence-electron chi connectivity index (χ2n) is 8.75. The molecule has 2 saturated heterocycles. The molecule has 2 aliphatic heterocycles. The van der Waals surface area contributed by atoms with Crippen molar-refractivity contribution in [3.8, 4) is 0 Å². The zero-order chi connectivity index (χ0) is 18.5. The van der Waals surface area contributed by atoms with Gasteiger partial charge in [0.05, 0.1) is 11.0 Å². The van der Waals surface area contributed by atoms with E-state index in [0.29, 0.717) is 24.9 Å². The van der Waals surface area contributed by atoms with E-state index in [2.05, 4.69) is 9.47 Å². The highest BCUT2D eigenvalue weighted by molar-refractivity contribution is 5.97. The molecule has 1 aromatic rings. The van der Waals surface area contributed by atoms with Crippen LogP contribution in [-0.4, -0.2) is 52.4 Å². The summed E-state index contributed by atoms with van der Waals surface area (Å²) in [4.78, 5) is 30.3. The third-order valence-electron chi connectivity index (χ3n) is 7.17. The second kappa shape index (κ2) is 6.43. The van der Waals surface area contributed by atoms with Gasteiger partial charge in [-0.25, -0.2) is 0 Å². The van der Waals surface area contributed by atoms with Gasteiger partial charge in [-0.3, -0.25) is 9.59 Å². The first-order valence-electron chi connectivity index (χ1n) is 10.1. The van der Waals surface area contributed by atoms with E-state index in [0.717, 1.165) is 49.3 Å². The Kier molecular flexibility index (Phi) is 4.36. The number of hydrogen-bond donors (Lipinski definition) is 0. The third-order valence-corrected chi connectivity index (χ3v) is 7.17. The zero-order valence-electron chi connectivity index (χ0n) is 16.4. The summed E-state index contributed by atoms with van der Waals surface area (Å²) in [5.74, 6) is 1.11. The number of likely N-dealkylation sites (tertiary alicyclic amines) is 2. The molecule has 0 radical (unpaired) electrons. The molecule has 3 heterocycles. The van der Waals surface area contributed by atoms with Gasteiger partial charge in [0.1, 0.15) is 0 Å². The van der Waals surface area contributed by atoms with Gasteiger partial charge in [0.2, 0.25) is 5.91 Å². The summed E-state index contributed by atoms with van der Waals surface area (Å²) in [7, 11) is 2.00. The monoisotopic (exact) mass is 357 g/mol. The van der Waals surface area contributed by atoms with Gasteiger partial charge >= 0.3 is 0 Å². The molecule has 0 aromatic carbocycles. The van der Waals surface area contributed by atoms with Gasteiger partial charge < -0.3 is 14.4 Å². The highest BCUT2D eigenvalue weighted by Crippen LogP contribution is 2.41. The first kappa shape index (κ1) is 17.6. The van der Waals surface area contributed by atoms with Gasteiger partial charge in [-0.15, -0.1) is 0 Å². The predicted octanol–water partition coefficient (Wildman–Crippen LogP) is 2.90. The van der Waals surface area contributed by atoms with Crippen molar-refractivity contribution in [2.24, 2.45) is 18.4 Å². The summed E-state index contributed by atoms with van der Waals surface area (Å²) >= 11 is 0. The Morgan fingerprint density at radius 2 is 1.96 bits per heavy atom. The maximum absolute atomic E-state index is 13.2. The Morgan fingerprint density at radius 3 is 2.58 bits per heavy atom. The van der Waals surface area contributed by atoms with Crippen molar-refractivity contribution in [3.05, 3.63) is 23.0 Å². The number of amides is 2. The number of aromatic nitrogens is 1. The number of carbonyl (C=O) groups excluding carboxylic acids is 2. The minimum absolute atomic E-state index is 0.0898. The average molecular weight is 357 g/mol. The summed E-state index contributed by atoms with van der Waals surface area (Å²) in [5, 5.41) is 0. The first-order valence-corrected chi connectivity index (χ1v) is 10.1. The van der Waals surface area contributed by atoms with Gasteiger partial charge in [-0.05, 0) is 57.9 Å². The van der Waals surface area contributed by atoms with E-state index in [1.165, 1.54) is 19.3 Å². The molecule has 0 unspecified atom stereocenters. The molecule has 1 saturated carbocycles. The Morgan fingerprint density at radius 1 is 1.19 bits per heavy atom. The van der Waals surface area contributed by atoms with Crippen molar-refractivity contribution < 1.29 is 9.59 Å². The van der Waals surface area contributed by atoms with Crippen molar-refractivity contribution in [3.63, 3.8) is 0 Å². The van der Waals surface area contributed by atoms with E-state index >= 15 is 0 Å². The molecule has 142 valence electrons. The lowest BCUT2D eigenvalue weighted by Gasteiger charge is -2.42. The smallest absolute Gasteiger partial charge is 0.255 e. The predicted molar refractivity (Wildman–Crippen MR) is 101 cm³/mol. The van der Waals surface area contributed by atoms with Crippen LogP contribution in [0.25, 0.3) is 0 Å². The normalized spacial score (nSPS) is 26.7. The molecule has 3 aliphatic rings. The molecule has 2 amide bonds. The molecule has 1 aliphatic carbocycles. The molecule has 3 fully saturated rings. The van der Waals surface area contributed by atoms with Crippen LogP contribution in [0.15, 0.2) is 6.07 Å². The maximum atomic E-state index is 13.2. The lowest BCUT2D eigenvalue weighted by molar-refractivity contribution is -0.146. The summed E-state index contributed by atoms with van der Waals surface area (Å²) in [6.45, 7) is 7.17. The van der Waals surface area contributed by atoms with E-state index in [1.807, 2.05) is 31.9 Å². The molecular formula is C21H31N3O2. The average Bonchev–Trinajstić information content (AvgIpc) is 3.12. The second-order valence-corrected chi connectivity index (χ2v) is 8.75. The lowest BCUT2D eigenvalue weighted by Crippen LogP contribution is -2.52. The Bertz CT molecular complexity index is 734. The SMILES string of the molecule is Cc1cc(C(=O)N2CC[C@]3(CCCN(CC4CCC4)C3=O)C2)c(C)n1C. The number of piperidine rings is 1. The summed E-state index contributed by atoms with van der Waals surface area (Å²) in [6.07, 6.45) is 6.69. The molecule has 5 heteroatoms. The van der Waals surface area contributed by atoms with Gasteiger partial charge in [0.25, 0.3) is 5.91 Å². The van der Waals surface area contributed by atoms with Crippen LogP contribution in [0.3, 0.4) is 0 Å². The largest absolute Gasteiger partial charge is 0.351 e. The minimum atomic E-state index is -0.324. The van der Waals surface area contributed by atoms with Gasteiger partial charge in [0.15, 0.2) is 0 Å². The molecule has 1 spiro atoms. The molecule has 1 atom stereocenters. The fourth-order valence-electron chi connectivity index (χ4n) is 4.98. The fraction of sp³-hybridized carbons (Fsp3) is 0.714. The van der Waals surface area contributed by atoms with Crippen molar-refractivity contribution >= 4 is 11.8 Å². The number of carbonyl (C=O) groups is 2.